The minimum atomic E-state index is -0.579. The Balaban J connectivity index is 2.04. The number of rotatable bonds is 3. The third-order valence-corrected chi connectivity index (χ3v) is 4.31. The Morgan fingerprint density at radius 2 is 2.00 bits per heavy atom. The number of aliphatic hydroxyl groups is 1. The first-order chi connectivity index (χ1) is 8.52. The van der Waals surface area contributed by atoms with Crippen molar-refractivity contribution in [2.45, 2.75) is 38.7 Å². The van der Waals surface area contributed by atoms with E-state index < -0.39 is 5.60 Å². The predicted molar refractivity (Wildman–Crippen MR) is 76.2 cm³/mol. The van der Waals surface area contributed by atoms with Gasteiger partial charge in [-0.1, -0.05) is 30.7 Å². The number of halogens is 1. The molecule has 1 aromatic rings. The molecular formula is C15H22ClNO. The van der Waals surface area contributed by atoms with Crippen molar-refractivity contribution in [1.29, 1.82) is 0 Å². The van der Waals surface area contributed by atoms with Gasteiger partial charge in [0, 0.05) is 24.5 Å². The van der Waals surface area contributed by atoms with Crippen LogP contribution in [0.1, 0.15) is 30.9 Å². The molecule has 1 aromatic carbocycles. The summed E-state index contributed by atoms with van der Waals surface area (Å²) >= 11 is 6.25. The molecule has 0 unspecified atom stereocenters. The molecule has 1 N–H and O–H groups in total. The highest BCUT2D eigenvalue weighted by Crippen LogP contribution is 2.29. The average Bonchev–Trinajstić information content (AvgIpc) is 2.34. The maximum absolute atomic E-state index is 10.6. The number of hydrogen-bond donors (Lipinski definition) is 1. The van der Waals surface area contributed by atoms with Crippen molar-refractivity contribution >= 4 is 11.6 Å². The third-order valence-electron chi connectivity index (χ3n) is 3.96. The van der Waals surface area contributed by atoms with Crippen LogP contribution in [0.15, 0.2) is 18.2 Å². The van der Waals surface area contributed by atoms with Gasteiger partial charge in [0.25, 0.3) is 0 Å². The number of nitrogens with zero attached hydrogens (tertiary/aromatic N) is 1. The van der Waals surface area contributed by atoms with Gasteiger partial charge in [-0.2, -0.15) is 0 Å². The van der Waals surface area contributed by atoms with E-state index in [1.807, 2.05) is 19.1 Å². The van der Waals surface area contributed by atoms with E-state index >= 15 is 0 Å². The molecule has 1 saturated heterocycles. The fourth-order valence-corrected chi connectivity index (χ4v) is 2.91. The lowest BCUT2D eigenvalue weighted by molar-refractivity contribution is -0.0194. The van der Waals surface area contributed by atoms with Crippen molar-refractivity contribution in [3.05, 3.63) is 34.3 Å². The van der Waals surface area contributed by atoms with Gasteiger partial charge < -0.3 is 10.0 Å². The van der Waals surface area contributed by atoms with E-state index in [0.717, 1.165) is 48.6 Å². The normalized spacial score (nSPS) is 20.0. The molecule has 2 rings (SSSR count). The first-order valence-electron chi connectivity index (χ1n) is 6.72. The van der Waals surface area contributed by atoms with Crippen LogP contribution in [0.5, 0.6) is 0 Å². The van der Waals surface area contributed by atoms with E-state index in [4.69, 9.17) is 11.6 Å². The van der Waals surface area contributed by atoms with Crippen molar-refractivity contribution in [3.63, 3.8) is 0 Å². The summed E-state index contributed by atoms with van der Waals surface area (Å²) in [6, 6.07) is 6.08. The summed E-state index contributed by atoms with van der Waals surface area (Å²) in [6.45, 7) is 7.24. The molecule has 2 nitrogen and oxygen atoms in total. The summed E-state index contributed by atoms with van der Waals surface area (Å²) in [6.07, 6.45) is 2.35. The molecule has 0 aliphatic carbocycles. The number of aryl methyl sites for hydroxylation is 1. The molecule has 3 heteroatoms. The highest BCUT2D eigenvalue weighted by molar-refractivity contribution is 6.31. The molecule has 0 saturated carbocycles. The minimum absolute atomic E-state index is 0.579. The van der Waals surface area contributed by atoms with Gasteiger partial charge in [0.05, 0.1) is 5.60 Å². The molecule has 1 aliphatic heterocycles. The van der Waals surface area contributed by atoms with Crippen LogP contribution in [-0.4, -0.2) is 35.2 Å². The van der Waals surface area contributed by atoms with E-state index in [-0.39, 0.29) is 0 Å². The van der Waals surface area contributed by atoms with E-state index in [2.05, 4.69) is 17.9 Å². The van der Waals surface area contributed by atoms with Gasteiger partial charge >= 0.3 is 0 Å². The van der Waals surface area contributed by atoms with E-state index in [1.165, 1.54) is 0 Å². The third kappa shape index (κ3) is 3.25. The summed E-state index contributed by atoms with van der Waals surface area (Å²) in [5, 5.41) is 11.4. The molecular weight excluding hydrogens is 246 g/mol. The van der Waals surface area contributed by atoms with Gasteiger partial charge in [0.1, 0.15) is 0 Å². The van der Waals surface area contributed by atoms with Crippen molar-refractivity contribution < 1.29 is 5.11 Å². The Kier molecular flexibility index (Phi) is 4.31. The van der Waals surface area contributed by atoms with Gasteiger partial charge in [-0.3, -0.25) is 0 Å². The standard InChI is InChI=1S/C15H22ClNO/c1-3-17-8-6-15(18,7-9-17)11-13-5-4-12(2)10-14(13)16/h4-5,10,18H,3,6-9,11H2,1-2H3. The van der Waals surface area contributed by atoms with Gasteiger partial charge in [0.15, 0.2) is 0 Å². The first kappa shape index (κ1) is 13.9. The summed E-state index contributed by atoms with van der Waals surface area (Å²) in [7, 11) is 0. The number of likely N-dealkylation sites (tertiary alicyclic amines) is 1. The minimum Gasteiger partial charge on any atom is -0.389 e. The summed E-state index contributed by atoms with van der Waals surface area (Å²) in [5.41, 5.74) is 1.65. The Hall–Kier alpha value is -0.570. The zero-order valence-corrected chi connectivity index (χ0v) is 12.0. The molecule has 18 heavy (non-hydrogen) atoms. The van der Waals surface area contributed by atoms with Crippen LogP contribution >= 0.6 is 11.6 Å². The van der Waals surface area contributed by atoms with E-state index in [9.17, 15) is 5.11 Å². The molecule has 0 atom stereocenters. The maximum Gasteiger partial charge on any atom is 0.0712 e. The number of benzene rings is 1. The van der Waals surface area contributed by atoms with Crippen LogP contribution in [0.2, 0.25) is 5.02 Å². The number of hydrogen-bond acceptors (Lipinski definition) is 2. The fraction of sp³-hybridized carbons (Fsp3) is 0.600. The van der Waals surface area contributed by atoms with Gasteiger partial charge in [-0.15, -0.1) is 0 Å². The molecule has 100 valence electrons. The Morgan fingerprint density at radius 1 is 1.33 bits per heavy atom. The second-order valence-electron chi connectivity index (χ2n) is 5.43. The van der Waals surface area contributed by atoms with E-state index in [0.29, 0.717) is 6.42 Å². The second kappa shape index (κ2) is 5.60. The van der Waals surface area contributed by atoms with Crippen LogP contribution in [0.25, 0.3) is 0 Å². The summed E-state index contributed by atoms with van der Waals surface area (Å²) in [4.78, 5) is 2.38. The number of piperidine rings is 1. The largest absolute Gasteiger partial charge is 0.389 e. The highest BCUT2D eigenvalue weighted by atomic mass is 35.5. The molecule has 0 bridgehead atoms. The molecule has 0 aromatic heterocycles. The Morgan fingerprint density at radius 3 is 2.56 bits per heavy atom. The average molecular weight is 268 g/mol. The molecule has 1 heterocycles. The topological polar surface area (TPSA) is 23.5 Å². The molecule has 0 amide bonds. The van der Waals surface area contributed by atoms with Crippen molar-refractivity contribution in [1.82, 2.24) is 4.90 Å². The molecule has 0 radical (unpaired) electrons. The van der Waals surface area contributed by atoms with Crippen LogP contribution in [0.4, 0.5) is 0 Å². The lowest BCUT2D eigenvalue weighted by Gasteiger charge is -2.38. The maximum atomic E-state index is 10.6. The lowest BCUT2D eigenvalue weighted by atomic mass is 9.85. The SMILES string of the molecule is CCN1CCC(O)(Cc2ccc(C)cc2Cl)CC1. The monoisotopic (exact) mass is 267 g/mol. The van der Waals surface area contributed by atoms with E-state index in [1.54, 1.807) is 0 Å². The van der Waals surface area contributed by atoms with Crippen LogP contribution in [0, 0.1) is 6.92 Å². The highest BCUT2D eigenvalue weighted by Gasteiger charge is 2.32. The Labute approximate surface area is 115 Å². The van der Waals surface area contributed by atoms with Crippen LogP contribution < -0.4 is 0 Å². The fourth-order valence-electron chi connectivity index (χ4n) is 2.61. The summed E-state index contributed by atoms with van der Waals surface area (Å²) < 4.78 is 0. The quantitative estimate of drug-likeness (QED) is 0.910. The zero-order chi connectivity index (χ0) is 13.2. The Bertz CT molecular complexity index is 411. The smallest absolute Gasteiger partial charge is 0.0712 e. The molecule has 0 spiro atoms. The van der Waals surface area contributed by atoms with Gasteiger partial charge in [0.2, 0.25) is 0 Å². The van der Waals surface area contributed by atoms with Crippen LogP contribution in [-0.2, 0) is 6.42 Å². The zero-order valence-electron chi connectivity index (χ0n) is 11.2. The predicted octanol–water partition coefficient (Wildman–Crippen LogP) is 3.04. The lowest BCUT2D eigenvalue weighted by Crippen LogP contribution is -2.45. The summed E-state index contributed by atoms with van der Waals surface area (Å²) in [5.74, 6) is 0. The van der Waals surface area contributed by atoms with Crippen molar-refractivity contribution in [2.24, 2.45) is 0 Å². The first-order valence-corrected chi connectivity index (χ1v) is 7.10. The molecule has 1 fully saturated rings. The van der Waals surface area contributed by atoms with Crippen molar-refractivity contribution in [2.75, 3.05) is 19.6 Å². The van der Waals surface area contributed by atoms with Crippen LogP contribution in [0.3, 0.4) is 0 Å². The second-order valence-corrected chi connectivity index (χ2v) is 5.84. The van der Waals surface area contributed by atoms with Gasteiger partial charge in [-0.25, -0.2) is 0 Å². The van der Waals surface area contributed by atoms with Gasteiger partial charge in [-0.05, 0) is 43.5 Å². The molecule has 1 aliphatic rings. The van der Waals surface area contributed by atoms with Crippen molar-refractivity contribution in [3.8, 4) is 0 Å².